The molecule has 0 spiro atoms. The molecule has 1 aliphatic rings. The number of carbonyl (C=O) groups excluding carboxylic acids is 1. The van der Waals surface area contributed by atoms with Crippen molar-refractivity contribution in [2.24, 2.45) is 0 Å². The number of amides is 2. The van der Waals surface area contributed by atoms with Crippen molar-refractivity contribution in [1.82, 2.24) is 15.2 Å². The topological polar surface area (TPSA) is 54.5 Å². The summed E-state index contributed by atoms with van der Waals surface area (Å²) in [4.78, 5) is 17.0. The van der Waals surface area contributed by atoms with E-state index in [2.05, 4.69) is 10.3 Å². The van der Waals surface area contributed by atoms with Crippen LogP contribution in [-0.4, -0.2) is 42.2 Å². The highest BCUT2D eigenvalue weighted by atomic mass is 19.4. The van der Waals surface area contributed by atoms with E-state index < -0.39 is 11.7 Å². The van der Waals surface area contributed by atoms with Crippen molar-refractivity contribution in [1.29, 1.82) is 0 Å². The molecule has 1 saturated heterocycles. The predicted octanol–water partition coefficient (Wildman–Crippen LogP) is 2.67. The molecule has 2 heterocycles. The number of rotatable bonds is 5. The molecule has 1 aliphatic heterocycles. The molecule has 0 aliphatic carbocycles. The Morgan fingerprint density at radius 3 is 2.64 bits per heavy atom. The number of hydrogen-bond donors (Lipinski definition) is 1. The number of aromatic nitrogens is 1. The maximum absolute atomic E-state index is 12.4. The van der Waals surface area contributed by atoms with Crippen molar-refractivity contribution in [3.63, 3.8) is 0 Å². The van der Waals surface area contributed by atoms with Crippen molar-refractivity contribution in [3.05, 3.63) is 23.9 Å². The number of alkyl halides is 3. The third-order valence-electron chi connectivity index (χ3n) is 3.30. The number of likely N-dealkylation sites (tertiary alicyclic amines) is 1. The van der Waals surface area contributed by atoms with Crippen molar-refractivity contribution in [2.75, 3.05) is 26.2 Å². The quantitative estimate of drug-likeness (QED) is 0.850. The van der Waals surface area contributed by atoms with Gasteiger partial charge >= 0.3 is 12.2 Å². The van der Waals surface area contributed by atoms with Crippen molar-refractivity contribution in [3.8, 4) is 5.88 Å². The molecular formula is C14H18F3N3O2. The first-order valence-electron chi connectivity index (χ1n) is 7.15. The van der Waals surface area contributed by atoms with Crippen molar-refractivity contribution < 1.29 is 22.7 Å². The highest BCUT2D eigenvalue weighted by Crippen LogP contribution is 2.29. The fourth-order valence-electron chi connectivity index (χ4n) is 2.11. The summed E-state index contributed by atoms with van der Waals surface area (Å²) in [7, 11) is 0. The van der Waals surface area contributed by atoms with Crippen LogP contribution in [0.15, 0.2) is 18.3 Å². The van der Waals surface area contributed by atoms with E-state index in [0.717, 1.165) is 38.2 Å². The lowest BCUT2D eigenvalue weighted by Crippen LogP contribution is -2.38. The summed E-state index contributed by atoms with van der Waals surface area (Å²) in [6, 6.07) is 2.04. The molecule has 1 aromatic rings. The lowest BCUT2D eigenvalue weighted by molar-refractivity contribution is -0.137. The first kappa shape index (κ1) is 16.4. The summed E-state index contributed by atoms with van der Waals surface area (Å²) < 4.78 is 42.3. The van der Waals surface area contributed by atoms with Gasteiger partial charge in [0.1, 0.15) is 0 Å². The normalized spacial score (nSPS) is 15.0. The third kappa shape index (κ3) is 4.78. The van der Waals surface area contributed by atoms with Crippen molar-refractivity contribution >= 4 is 6.03 Å². The maximum Gasteiger partial charge on any atom is 0.417 e. The smallest absolute Gasteiger partial charge is 0.417 e. The summed E-state index contributed by atoms with van der Waals surface area (Å²) in [5, 5.41) is 2.78. The minimum absolute atomic E-state index is 0.0786. The van der Waals surface area contributed by atoms with Crippen LogP contribution in [0.1, 0.15) is 24.8 Å². The van der Waals surface area contributed by atoms with Gasteiger partial charge < -0.3 is 15.0 Å². The lowest BCUT2D eigenvalue weighted by Gasteiger charge is -2.16. The largest absolute Gasteiger partial charge is 0.478 e. The molecule has 122 valence electrons. The average molecular weight is 317 g/mol. The zero-order valence-electron chi connectivity index (χ0n) is 12.0. The molecule has 2 rings (SSSR count). The SMILES string of the molecule is O=C(NCCCOc1ccc(C(F)(F)F)cn1)N1CCCC1. The van der Waals surface area contributed by atoms with Crippen molar-refractivity contribution in [2.45, 2.75) is 25.4 Å². The number of pyridine rings is 1. The summed E-state index contributed by atoms with van der Waals surface area (Å²) >= 11 is 0. The Hall–Kier alpha value is -1.99. The summed E-state index contributed by atoms with van der Waals surface area (Å²) in [5.74, 6) is 0.138. The van der Waals surface area contributed by atoms with Gasteiger partial charge in [0.2, 0.25) is 5.88 Å². The van der Waals surface area contributed by atoms with Gasteiger partial charge in [-0.15, -0.1) is 0 Å². The Labute approximate surface area is 126 Å². The van der Waals surface area contributed by atoms with Gasteiger partial charge in [-0.2, -0.15) is 13.2 Å². The second-order valence-corrected chi connectivity index (χ2v) is 5.01. The first-order valence-corrected chi connectivity index (χ1v) is 7.15. The van der Waals surface area contributed by atoms with Crippen LogP contribution >= 0.6 is 0 Å². The molecular weight excluding hydrogens is 299 g/mol. The fraction of sp³-hybridized carbons (Fsp3) is 0.571. The fourth-order valence-corrected chi connectivity index (χ4v) is 2.11. The Balaban J connectivity index is 1.63. The lowest BCUT2D eigenvalue weighted by atomic mass is 10.3. The number of ether oxygens (including phenoxy) is 1. The zero-order valence-corrected chi connectivity index (χ0v) is 12.0. The maximum atomic E-state index is 12.4. The molecule has 22 heavy (non-hydrogen) atoms. The van der Waals surface area contributed by atoms with E-state index in [-0.39, 0.29) is 18.5 Å². The molecule has 2 amide bonds. The molecule has 1 aromatic heterocycles. The number of hydrogen-bond acceptors (Lipinski definition) is 3. The van der Waals surface area contributed by atoms with Crippen LogP contribution in [-0.2, 0) is 6.18 Å². The molecule has 0 aromatic carbocycles. The highest BCUT2D eigenvalue weighted by molar-refractivity contribution is 5.74. The molecule has 5 nitrogen and oxygen atoms in total. The van der Waals surface area contributed by atoms with Gasteiger partial charge in [-0.25, -0.2) is 9.78 Å². The van der Waals surface area contributed by atoms with Gasteiger partial charge in [-0.3, -0.25) is 0 Å². The van der Waals surface area contributed by atoms with Gasteiger partial charge in [0, 0.05) is 31.9 Å². The highest BCUT2D eigenvalue weighted by Gasteiger charge is 2.30. The average Bonchev–Trinajstić information content (AvgIpc) is 3.00. The number of nitrogens with one attached hydrogen (secondary N) is 1. The van der Waals surface area contributed by atoms with E-state index in [1.165, 1.54) is 6.07 Å². The molecule has 0 saturated carbocycles. The zero-order chi connectivity index (χ0) is 16.0. The van der Waals surface area contributed by atoms with E-state index >= 15 is 0 Å². The van der Waals surface area contributed by atoms with E-state index in [9.17, 15) is 18.0 Å². The third-order valence-corrected chi connectivity index (χ3v) is 3.30. The van der Waals surface area contributed by atoms with Gasteiger partial charge in [0.25, 0.3) is 0 Å². The molecule has 0 radical (unpaired) electrons. The summed E-state index contributed by atoms with van der Waals surface area (Å²) in [6.45, 7) is 2.31. The number of nitrogens with zero attached hydrogens (tertiary/aromatic N) is 2. The van der Waals surface area contributed by atoms with Crippen LogP contribution in [0.4, 0.5) is 18.0 Å². The molecule has 0 unspecified atom stereocenters. The second-order valence-electron chi connectivity index (χ2n) is 5.01. The van der Waals surface area contributed by atoms with Crippen LogP contribution in [0.25, 0.3) is 0 Å². The van der Waals surface area contributed by atoms with Gasteiger partial charge in [0.15, 0.2) is 0 Å². The Bertz CT molecular complexity index is 485. The second kappa shape index (κ2) is 7.33. The van der Waals surface area contributed by atoms with E-state index in [1.807, 2.05) is 0 Å². The minimum atomic E-state index is -4.40. The predicted molar refractivity (Wildman–Crippen MR) is 73.6 cm³/mol. The minimum Gasteiger partial charge on any atom is -0.478 e. The molecule has 0 bridgehead atoms. The Kier molecular flexibility index (Phi) is 5.46. The number of halogens is 3. The van der Waals surface area contributed by atoms with E-state index in [4.69, 9.17) is 4.74 Å². The van der Waals surface area contributed by atoms with E-state index in [0.29, 0.717) is 13.0 Å². The molecule has 0 atom stereocenters. The molecule has 1 fully saturated rings. The molecule has 1 N–H and O–H groups in total. The number of carbonyl (C=O) groups is 1. The van der Waals surface area contributed by atoms with Crippen LogP contribution < -0.4 is 10.1 Å². The van der Waals surface area contributed by atoms with Crippen LogP contribution in [0.3, 0.4) is 0 Å². The molecule has 8 heteroatoms. The number of urea groups is 1. The Morgan fingerprint density at radius 1 is 1.32 bits per heavy atom. The van der Waals surface area contributed by atoms with Gasteiger partial charge in [-0.05, 0) is 25.3 Å². The van der Waals surface area contributed by atoms with Crippen LogP contribution in [0.2, 0.25) is 0 Å². The van der Waals surface area contributed by atoms with Crippen LogP contribution in [0.5, 0.6) is 5.88 Å². The first-order chi connectivity index (χ1) is 10.5. The summed E-state index contributed by atoms with van der Waals surface area (Å²) in [6.07, 6.45) is -1.02. The summed E-state index contributed by atoms with van der Waals surface area (Å²) in [5.41, 5.74) is -0.808. The van der Waals surface area contributed by atoms with Crippen LogP contribution in [0, 0.1) is 0 Å². The Morgan fingerprint density at radius 2 is 2.05 bits per heavy atom. The van der Waals surface area contributed by atoms with Gasteiger partial charge in [0.05, 0.1) is 12.2 Å². The monoisotopic (exact) mass is 317 g/mol. The van der Waals surface area contributed by atoms with Gasteiger partial charge in [-0.1, -0.05) is 0 Å². The van der Waals surface area contributed by atoms with E-state index in [1.54, 1.807) is 4.90 Å². The standard InChI is InChI=1S/C14H18F3N3O2/c15-14(16,17)11-4-5-12(19-10-11)22-9-3-6-18-13(21)20-7-1-2-8-20/h4-5,10H,1-3,6-9H2,(H,18,21).